The summed E-state index contributed by atoms with van der Waals surface area (Å²) in [6.45, 7) is 4.39. The van der Waals surface area contributed by atoms with E-state index < -0.39 is 11.9 Å². The molecule has 1 aliphatic rings. The molecule has 148 valence electrons. The number of carbonyl (C=O) groups is 3. The molecular formula is C20H21BrN2O5. The molecule has 0 atom stereocenters. The van der Waals surface area contributed by atoms with Crippen molar-refractivity contribution in [2.45, 2.75) is 6.54 Å². The van der Waals surface area contributed by atoms with Gasteiger partial charge in [-0.15, -0.1) is 0 Å². The van der Waals surface area contributed by atoms with Gasteiger partial charge in [0.15, 0.2) is 0 Å². The fraction of sp³-hybridized carbons (Fsp3) is 0.250. The molecule has 8 heteroatoms. The second-order valence-electron chi connectivity index (χ2n) is 6.17. The third kappa shape index (κ3) is 6.79. The van der Waals surface area contributed by atoms with E-state index in [0.717, 1.165) is 42.8 Å². The van der Waals surface area contributed by atoms with Gasteiger partial charge in [0.1, 0.15) is 0 Å². The Morgan fingerprint density at radius 2 is 1.36 bits per heavy atom. The highest BCUT2D eigenvalue weighted by Crippen LogP contribution is 2.14. The average molecular weight is 449 g/mol. The summed E-state index contributed by atoms with van der Waals surface area (Å²) in [4.78, 5) is 35.0. The molecule has 3 rings (SSSR count). The molecule has 1 amide bonds. The molecule has 0 saturated carbocycles. The van der Waals surface area contributed by atoms with Crippen molar-refractivity contribution in [3.63, 3.8) is 0 Å². The normalized spacial score (nSPS) is 14.0. The minimum atomic E-state index is -1.82. The SMILES string of the molecule is O=C(O)C(=O)O.O=C(c1ccccc1)N1CCN(Cc2ccc(Br)cc2)CC1. The molecule has 1 fully saturated rings. The van der Waals surface area contributed by atoms with Gasteiger partial charge in [-0.05, 0) is 29.8 Å². The number of piperazine rings is 1. The molecule has 0 spiro atoms. The van der Waals surface area contributed by atoms with Crippen LogP contribution in [0.4, 0.5) is 0 Å². The summed E-state index contributed by atoms with van der Waals surface area (Å²) in [5.41, 5.74) is 2.09. The molecule has 1 aliphatic heterocycles. The second-order valence-corrected chi connectivity index (χ2v) is 7.09. The first-order valence-electron chi connectivity index (χ1n) is 8.64. The van der Waals surface area contributed by atoms with Crippen LogP contribution in [0.1, 0.15) is 15.9 Å². The standard InChI is InChI=1S/C18H19BrN2O.C2H2O4/c19-17-8-6-15(7-9-17)14-20-10-12-21(13-11-20)18(22)16-4-2-1-3-5-16;3-1(4)2(5)6/h1-9H,10-14H2;(H,3,4)(H,5,6). The number of halogens is 1. The van der Waals surface area contributed by atoms with Crippen molar-refractivity contribution in [3.8, 4) is 0 Å². The van der Waals surface area contributed by atoms with Crippen molar-refractivity contribution in [2.24, 2.45) is 0 Å². The van der Waals surface area contributed by atoms with E-state index in [2.05, 4.69) is 45.1 Å². The zero-order chi connectivity index (χ0) is 20.5. The first kappa shape index (κ1) is 21.6. The summed E-state index contributed by atoms with van der Waals surface area (Å²) < 4.78 is 1.11. The molecule has 1 saturated heterocycles. The average Bonchev–Trinajstić information content (AvgIpc) is 2.71. The van der Waals surface area contributed by atoms with E-state index in [9.17, 15) is 4.79 Å². The van der Waals surface area contributed by atoms with Gasteiger partial charge in [0.2, 0.25) is 0 Å². The summed E-state index contributed by atoms with van der Waals surface area (Å²) in [5.74, 6) is -3.51. The molecule has 7 nitrogen and oxygen atoms in total. The van der Waals surface area contributed by atoms with Gasteiger partial charge in [0, 0.05) is 42.8 Å². The Kier molecular flexibility index (Phi) is 8.16. The van der Waals surface area contributed by atoms with Crippen LogP contribution in [0.25, 0.3) is 0 Å². The van der Waals surface area contributed by atoms with Gasteiger partial charge in [-0.2, -0.15) is 0 Å². The van der Waals surface area contributed by atoms with Crippen LogP contribution in [0.15, 0.2) is 59.1 Å². The van der Waals surface area contributed by atoms with Crippen molar-refractivity contribution in [1.29, 1.82) is 0 Å². The van der Waals surface area contributed by atoms with Gasteiger partial charge in [-0.3, -0.25) is 9.69 Å². The van der Waals surface area contributed by atoms with Crippen LogP contribution < -0.4 is 0 Å². The molecular weight excluding hydrogens is 428 g/mol. The van der Waals surface area contributed by atoms with Crippen LogP contribution in [0.5, 0.6) is 0 Å². The van der Waals surface area contributed by atoms with E-state index in [-0.39, 0.29) is 5.91 Å². The lowest BCUT2D eigenvalue weighted by molar-refractivity contribution is -0.159. The van der Waals surface area contributed by atoms with E-state index in [1.165, 1.54) is 5.56 Å². The molecule has 2 N–H and O–H groups in total. The largest absolute Gasteiger partial charge is 0.473 e. The number of aliphatic carboxylic acids is 2. The minimum Gasteiger partial charge on any atom is -0.473 e. The van der Waals surface area contributed by atoms with Gasteiger partial charge in [-0.1, -0.05) is 46.3 Å². The third-order valence-electron chi connectivity index (χ3n) is 4.18. The van der Waals surface area contributed by atoms with Crippen molar-refractivity contribution in [3.05, 3.63) is 70.2 Å². The van der Waals surface area contributed by atoms with Gasteiger partial charge in [0.25, 0.3) is 5.91 Å². The Balaban J connectivity index is 0.000000409. The first-order valence-corrected chi connectivity index (χ1v) is 9.43. The van der Waals surface area contributed by atoms with E-state index in [4.69, 9.17) is 19.8 Å². The lowest BCUT2D eigenvalue weighted by Gasteiger charge is -2.34. The predicted molar refractivity (Wildman–Crippen MR) is 107 cm³/mol. The summed E-state index contributed by atoms with van der Waals surface area (Å²) >= 11 is 3.46. The highest BCUT2D eigenvalue weighted by molar-refractivity contribution is 9.10. The summed E-state index contributed by atoms with van der Waals surface area (Å²) in [6, 6.07) is 18.0. The Morgan fingerprint density at radius 3 is 1.86 bits per heavy atom. The predicted octanol–water partition coefficient (Wildman–Crippen LogP) is 2.56. The number of nitrogens with zero attached hydrogens (tertiary/aromatic N) is 2. The second kappa shape index (κ2) is 10.6. The van der Waals surface area contributed by atoms with E-state index in [1.807, 2.05) is 35.2 Å². The number of carbonyl (C=O) groups excluding carboxylic acids is 1. The summed E-state index contributed by atoms with van der Waals surface area (Å²) in [5, 5.41) is 14.8. The van der Waals surface area contributed by atoms with Crippen LogP contribution in [0.3, 0.4) is 0 Å². The van der Waals surface area contributed by atoms with Crippen molar-refractivity contribution in [2.75, 3.05) is 26.2 Å². The molecule has 0 aromatic heterocycles. The molecule has 0 unspecified atom stereocenters. The lowest BCUT2D eigenvalue weighted by atomic mass is 10.1. The zero-order valence-electron chi connectivity index (χ0n) is 15.1. The molecule has 2 aromatic carbocycles. The smallest absolute Gasteiger partial charge is 0.414 e. The number of hydrogen-bond acceptors (Lipinski definition) is 4. The first-order chi connectivity index (χ1) is 13.4. The molecule has 0 aliphatic carbocycles. The molecule has 28 heavy (non-hydrogen) atoms. The number of carboxylic acids is 2. The van der Waals surface area contributed by atoms with Crippen LogP contribution in [-0.4, -0.2) is 64.0 Å². The maximum Gasteiger partial charge on any atom is 0.414 e. The van der Waals surface area contributed by atoms with Gasteiger partial charge < -0.3 is 15.1 Å². The minimum absolute atomic E-state index is 0.142. The third-order valence-corrected chi connectivity index (χ3v) is 4.71. The molecule has 0 radical (unpaired) electrons. The number of amides is 1. The Morgan fingerprint density at radius 1 is 0.821 bits per heavy atom. The van der Waals surface area contributed by atoms with E-state index in [1.54, 1.807) is 0 Å². The van der Waals surface area contributed by atoms with Crippen molar-refractivity contribution in [1.82, 2.24) is 9.80 Å². The Labute approximate surface area is 171 Å². The Bertz CT molecular complexity index is 791. The fourth-order valence-corrected chi connectivity index (χ4v) is 2.98. The Hall–Kier alpha value is -2.71. The van der Waals surface area contributed by atoms with Crippen LogP contribution in [-0.2, 0) is 16.1 Å². The number of benzene rings is 2. The molecule has 2 aromatic rings. The van der Waals surface area contributed by atoms with E-state index >= 15 is 0 Å². The van der Waals surface area contributed by atoms with Crippen LogP contribution in [0.2, 0.25) is 0 Å². The highest BCUT2D eigenvalue weighted by Gasteiger charge is 2.21. The highest BCUT2D eigenvalue weighted by atomic mass is 79.9. The van der Waals surface area contributed by atoms with Crippen molar-refractivity contribution < 1.29 is 24.6 Å². The number of rotatable bonds is 3. The quantitative estimate of drug-likeness (QED) is 0.700. The fourth-order valence-electron chi connectivity index (χ4n) is 2.72. The van der Waals surface area contributed by atoms with Crippen LogP contribution >= 0.6 is 15.9 Å². The lowest BCUT2D eigenvalue weighted by Crippen LogP contribution is -2.48. The molecule has 1 heterocycles. The van der Waals surface area contributed by atoms with Gasteiger partial charge >= 0.3 is 11.9 Å². The monoisotopic (exact) mass is 448 g/mol. The van der Waals surface area contributed by atoms with Crippen LogP contribution in [0, 0.1) is 0 Å². The maximum atomic E-state index is 12.4. The van der Waals surface area contributed by atoms with Crippen molar-refractivity contribution >= 4 is 33.8 Å². The number of hydrogen-bond donors (Lipinski definition) is 2. The summed E-state index contributed by atoms with van der Waals surface area (Å²) in [7, 11) is 0. The van der Waals surface area contributed by atoms with Gasteiger partial charge in [-0.25, -0.2) is 9.59 Å². The zero-order valence-corrected chi connectivity index (χ0v) is 16.7. The molecule has 0 bridgehead atoms. The topological polar surface area (TPSA) is 98.1 Å². The van der Waals surface area contributed by atoms with Gasteiger partial charge in [0.05, 0.1) is 0 Å². The number of carboxylic acid groups (broad SMARTS) is 2. The summed E-state index contributed by atoms with van der Waals surface area (Å²) in [6.07, 6.45) is 0. The maximum absolute atomic E-state index is 12.4. The van der Waals surface area contributed by atoms with E-state index in [0.29, 0.717) is 0 Å².